The van der Waals surface area contributed by atoms with Crippen LogP contribution in [0.1, 0.15) is 31.8 Å². The minimum atomic E-state index is -1.39. The average molecular weight is 587 g/mol. The highest BCUT2D eigenvalue weighted by molar-refractivity contribution is 6.18. The van der Waals surface area contributed by atoms with Gasteiger partial charge in [0.2, 0.25) is 5.91 Å². The lowest BCUT2D eigenvalue weighted by Crippen LogP contribution is -2.51. The maximum atomic E-state index is 14.9. The number of para-hydroxylation sites is 2. The fourth-order valence-electron chi connectivity index (χ4n) is 7.21. The molecule has 4 aromatic carbocycles. The Hall–Kier alpha value is -5.37. The standard InChI is InChI=1S/C36H30N2O6/c1-42-24-16-12-22(13-17-24)33(39)31-32(34(40)23-14-18-28(43-2)29(20-23)44-3)38-27-11-7-4-8-21(27)15-19-30(38)36(31)25-9-5-6-10-26(25)37-35(36)41/h4-20,30-32H,1-3H3,(H,37,41)/t30-,31-,32+,36+/m1/s1. The van der Waals surface area contributed by atoms with Gasteiger partial charge in [-0.2, -0.15) is 0 Å². The molecule has 0 aromatic heterocycles. The van der Waals surface area contributed by atoms with Gasteiger partial charge < -0.3 is 24.4 Å². The van der Waals surface area contributed by atoms with Crippen molar-refractivity contribution in [2.24, 2.45) is 5.92 Å². The molecule has 3 aliphatic heterocycles. The molecule has 8 nitrogen and oxygen atoms in total. The average Bonchev–Trinajstić information content (AvgIpc) is 3.55. The summed E-state index contributed by atoms with van der Waals surface area (Å²) < 4.78 is 16.3. The van der Waals surface area contributed by atoms with Crippen molar-refractivity contribution in [2.75, 3.05) is 31.5 Å². The minimum absolute atomic E-state index is 0.304. The number of rotatable bonds is 7. The zero-order valence-corrected chi connectivity index (χ0v) is 24.4. The quantitative estimate of drug-likeness (QED) is 0.283. The molecule has 0 saturated carbocycles. The van der Waals surface area contributed by atoms with Crippen molar-refractivity contribution < 1.29 is 28.6 Å². The maximum Gasteiger partial charge on any atom is 0.238 e. The molecule has 8 heteroatoms. The Labute approximate surface area is 254 Å². The van der Waals surface area contributed by atoms with Crippen LogP contribution in [0, 0.1) is 5.92 Å². The largest absolute Gasteiger partial charge is 0.497 e. The second-order valence-electron chi connectivity index (χ2n) is 11.1. The highest BCUT2D eigenvalue weighted by Crippen LogP contribution is 2.58. The molecule has 1 spiro atoms. The fourth-order valence-corrected chi connectivity index (χ4v) is 7.21. The number of anilines is 2. The number of carbonyl (C=O) groups excluding carboxylic acids is 3. The predicted octanol–water partition coefficient (Wildman–Crippen LogP) is 5.57. The monoisotopic (exact) mass is 586 g/mol. The molecule has 3 heterocycles. The van der Waals surface area contributed by atoms with Gasteiger partial charge in [0, 0.05) is 22.5 Å². The molecule has 7 rings (SSSR count). The third kappa shape index (κ3) is 3.80. The van der Waals surface area contributed by atoms with Gasteiger partial charge in [0.05, 0.1) is 33.3 Å². The first-order valence-electron chi connectivity index (χ1n) is 14.3. The SMILES string of the molecule is COc1ccc(C(=O)[C@H]2[C@@H](C(=O)c3ccc(OC)c(OC)c3)N3c4ccccc4C=C[C@@H]3[C@]23C(=O)Nc2ccccc23)cc1. The molecule has 1 amide bonds. The van der Waals surface area contributed by atoms with E-state index in [-0.39, 0.29) is 17.5 Å². The molecule has 220 valence electrons. The first-order valence-corrected chi connectivity index (χ1v) is 14.3. The van der Waals surface area contributed by atoms with Crippen LogP contribution in [0.2, 0.25) is 0 Å². The van der Waals surface area contributed by atoms with Gasteiger partial charge in [0.25, 0.3) is 0 Å². The normalized spacial score (nSPS) is 22.6. The van der Waals surface area contributed by atoms with E-state index in [1.54, 1.807) is 49.6 Å². The Morgan fingerprint density at radius 3 is 2.23 bits per heavy atom. The Kier molecular flexibility index (Phi) is 6.50. The van der Waals surface area contributed by atoms with Crippen molar-refractivity contribution >= 4 is 34.9 Å². The third-order valence-electron chi connectivity index (χ3n) is 9.14. The van der Waals surface area contributed by atoms with E-state index >= 15 is 0 Å². The van der Waals surface area contributed by atoms with Crippen molar-refractivity contribution in [3.63, 3.8) is 0 Å². The van der Waals surface area contributed by atoms with E-state index < -0.39 is 23.4 Å². The van der Waals surface area contributed by atoms with Crippen LogP contribution in [-0.4, -0.2) is 50.9 Å². The van der Waals surface area contributed by atoms with E-state index in [0.717, 1.165) is 11.3 Å². The Morgan fingerprint density at radius 2 is 1.48 bits per heavy atom. The number of ketones is 2. The van der Waals surface area contributed by atoms with Gasteiger partial charge in [-0.25, -0.2) is 0 Å². The van der Waals surface area contributed by atoms with Crippen LogP contribution in [0.4, 0.5) is 11.4 Å². The van der Waals surface area contributed by atoms with Crippen LogP contribution in [0.25, 0.3) is 6.08 Å². The number of fused-ring (bicyclic) bond motifs is 6. The van der Waals surface area contributed by atoms with E-state index in [1.165, 1.54) is 14.2 Å². The Morgan fingerprint density at radius 1 is 0.773 bits per heavy atom. The summed E-state index contributed by atoms with van der Waals surface area (Å²) in [5.41, 5.74) is 2.34. The number of ether oxygens (including phenoxy) is 3. The first kappa shape index (κ1) is 27.5. The van der Waals surface area contributed by atoms with Crippen molar-refractivity contribution in [1.29, 1.82) is 0 Å². The van der Waals surface area contributed by atoms with Gasteiger partial charge in [-0.3, -0.25) is 14.4 Å². The first-order chi connectivity index (χ1) is 21.4. The van der Waals surface area contributed by atoms with Crippen LogP contribution in [0.5, 0.6) is 17.2 Å². The number of nitrogens with one attached hydrogen (secondary N) is 1. The lowest BCUT2D eigenvalue weighted by atomic mass is 9.64. The van der Waals surface area contributed by atoms with Gasteiger partial charge >= 0.3 is 0 Å². The minimum Gasteiger partial charge on any atom is -0.497 e. The van der Waals surface area contributed by atoms with Crippen molar-refractivity contribution in [1.82, 2.24) is 0 Å². The lowest BCUT2D eigenvalue weighted by Gasteiger charge is -2.37. The number of nitrogens with zero attached hydrogens (tertiary/aromatic N) is 1. The molecule has 0 bridgehead atoms. The zero-order valence-electron chi connectivity index (χ0n) is 24.4. The van der Waals surface area contributed by atoms with Crippen LogP contribution < -0.4 is 24.4 Å². The number of benzene rings is 4. The van der Waals surface area contributed by atoms with Crippen LogP contribution in [0.3, 0.4) is 0 Å². The molecule has 44 heavy (non-hydrogen) atoms. The third-order valence-corrected chi connectivity index (χ3v) is 9.14. The molecule has 0 unspecified atom stereocenters. The van der Waals surface area contributed by atoms with Crippen molar-refractivity contribution in [3.05, 3.63) is 119 Å². The summed E-state index contributed by atoms with van der Waals surface area (Å²) in [6.45, 7) is 0. The van der Waals surface area contributed by atoms with E-state index in [4.69, 9.17) is 14.2 Å². The fraction of sp³-hybridized carbons (Fsp3) is 0.194. The molecule has 1 N–H and O–H groups in total. The van der Waals surface area contributed by atoms with Gasteiger partial charge in [-0.15, -0.1) is 0 Å². The van der Waals surface area contributed by atoms with Crippen LogP contribution in [0.15, 0.2) is 97.1 Å². The molecule has 3 aliphatic rings. The van der Waals surface area contributed by atoms with E-state index in [2.05, 4.69) is 5.32 Å². The topological polar surface area (TPSA) is 94.2 Å². The van der Waals surface area contributed by atoms with Crippen LogP contribution in [-0.2, 0) is 10.2 Å². The summed E-state index contributed by atoms with van der Waals surface area (Å²) in [4.78, 5) is 46.3. The highest BCUT2D eigenvalue weighted by Gasteiger charge is 2.70. The van der Waals surface area contributed by atoms with Gasteiger partial charge in [-0.1, -0.05) is 48.6 Å². The molecule has 0 aliphatic carbocycles. The van der Waals surface area contributed by atoms with Gasteiger partial charge in [0.1, 0.15) is 17.2 Å². The van der Waals surface area contributed by atoms with Gasteiger partial charge in [-0.05, 0) is 65.7 Å². The van der Waals surface area contributed by atoms with Gasteiger partial charge in [0.15, 0.2) is 23.1 Å². The number of hydrogen-bond donors (Lipinski definition) is 1. The number of amides is 1. The number of hydrogen-bond acceptors (Lipinski definition) is 7. The molecule has 4 aromatic rings. The summed E-state index contributed by atoms with van der Waals surface area (Å²) in [5, 5.41) is 3.05. The summed E-state index contributed by atoms with van der Waals surface area (Å²) in [5.74, 6) is -0.540. The molecular formula is C36H30N2O6. The van der Waals surface area contributed by atoms with Crippen LogP contribution >= 0.6 is 0 Å². The number of methoxy groups -OCH3 is 3. The summed E-state index contributed by atoms with van der Waals surface area (Å²) in [6.07, 6.45) is 3.94. The molecule has 0 radical (unpaired) electrons. The Bertz CT molecular complexity index is 1850. The summed E-state index contributed by atoms with van der Waals surface area (Å²) >= 11 is 0. The maximum absolute atomic E-state index is 14.9. The smallest absolute Gasteiger partial charge is 0.238 e. The number of carbonyl (C=O) groups is 3. The van der Waals surface area contributed by atoms with E-state index in [9.17, 15) is 14.4 Å². The lowest BCUT2D eigenvalue weighted by molar-refractivity contribution is -0.121. The highest BCUT2D eigenvalue weighted by atomic mass is 16.5. The summed E-state index contributed by atoms with van der Waals surface area (Å²) in [7, 11) is 4.59. The molecule has 1 saturated heterocycles. The van der Waals surface area contributed by atoms with E-state index in [0.29, 0.717) is 39.6 Å². The second-order valence-corrected chi connectivity index (χ2v) is 11.1. The van der Waals surface area contributed by atoms with Crippen molar-refractivity contribution in [3.8, 4) is 17.2 Å². The zero-order chi connectivity index (χ0) is 30.6. The second kappa shape index (κ2) is 10.4. The molecular weight excluding hydrogens is 556 g/mol. The predicted molar refractivity (Wildman–Crippen MR) is 167 cm³/mol. The molecule has 4 atom stereocenters. The number of Topliss-reactive ketones (excluding diaryl/α,β-unsaturated/α-hetero) is 2. The van der Waals surface area contributed by atoms with E-state index in [1.807, 2.05) is 65.6 Å². The van der Waals surface area contributed by atoms with Crippen molar-refractivity contribution in [2.45, 2.75) is 17.5 Å². The molecule has 1 fully saturated rings. The summed E-state index contributed by atoms with van der Waals surface area (Å²) in [6, 6.07) is 25.3. The Balaban J connectivity index is 1.51.